The number of aromatic nitrogens is 2. The Morgan fingerprint density at radius 2 is 2.07 bits per heavy atom. The summed E-state index contributed by atoms with van der Waals surface area (Å²) >= 11 is 1.58. The van der Waals surface area contributed by atoms with Crippen LogP contribution in [-0.4, -0.2) is 52.0 Å². The number of halogens is 1. The summed E-state index contributed by atoms with van der Waals surface area (Å²) in [7, 11) is 0. The first-order valence-electron chi connectivity index (χ1n) is 9.78. The maximum Gasteiger partial charge on any atom is 0.227 e. The third-order valence-electron chi connectivity index (χ3n) is 5.09. The first-order chi connectivity index (χ1) is 14.2. The molecule has 1 aliphatic rings. The molecular weight excluding hydrogens is 391 g/mol. The number of carbonyl (C=O) groups excluding carboxylic acids is 1. The molecule has 3 aromatic rings. The lowest BCUT2D eigenvalue weighted by Gasteiger charge is -2.22. The number of hydrogen-bond donors (Lipinski definition) is 0. The number of aryl methyl sites for hydroxylation is 1. The van der Waals surface area contributed by atoms with Crippen molar-refractivity contribution in [1.82, 2.24) is 19.9 Å². The van der Waals surface area contributed by atoms with Gasteiger partial charge in [0.2, 0.25) is 17.6 Å². The lowest BCUT2D eigenvalue weighted by atomic mass is 10.2. The van der Waals surface area contributed by atoms with E-state index >= 15 is 0 Å². The monoisotopic (exact) mass is 414 g/mol. The summed E-state index contributed by atoms with van der Waals surface area (Å²) in [6.45, 7) is 3.53. The molecule has 0 spiro atoms. The molecular formula is C21H23FN4O2S. The minimum absolute atomic E-state index is 0.0908. The van der Waals surface area contributed by atoms with E-state index in [1.165, 1.54) is 6.07 Å². The second-order valence-electron chi connectivity index (χ2n) is 7.13. The molecule has 1 amide bonds. The maximum absolute atomic E-state index is 13.9. The van der Waals surface area contributed by atoms with Crippen LogP contribution in [0.5, 0.6) is 0 Å². The molecule has 1 saturated heterocycles. The molecule has 2 aromatic heterocycles. The van der Waals surface area contributed by atoms with Crippen LogP contribution in [0.3, 0.4) is 0 Å². The Morgan fingerprint density at radius 1 is 1.17 bits per heavy atom. The van der Waals surface area contributed by atoms with Gasteiger partial charge in [-0.25, -0.2) is 4.39 Å². The van der Waals surface area contributed by atoms with Crippen molar-refractivity contribution in [2.75, 3.05) is 26.2 Å². The summed E-state index contributed by atoms with van der Waals surface area (Å²) in [6, 6.07) is 8.80. The van der Waals surface area contributed by atoms with E-state index in [9.17, 15) is 9.18 Å². The number of amides is 1. The zero-order valence-electron chi connectivity index (χ0n) is 16.1. The van der Waals surface area contributed by atoms with Gasteiger partial charge in [-0.2, -0.15) is 16.3 Å². The van der Waals surface area contributed by atoms with Crippen LogP contribution < -0.4 is 0 Å². The largest absolute Gasteiger partial charge is 0.341 e. The van der Waals surface area contributed by atoms with Gasteiger partial charge in [-0.1, -0.05) is 23.4 Å². The fraction of sp³-hybridized carbons (Fsp3) is 0.381. The fourth-order valence-corrected chi connectivity index (χ4v) is 4.12. The van der Waals surface area contributed by atoms with Gasteiger partial charge in [-0.3, -0.25) is 9.69 Å². The van der Waals surface area contributed by atoms with E-state index in [0.717, 1.165) is 31.6 Å². The van der Waals surface area contributed by atoms with Gasteiger partial charge in [0.15, 0.2) is 0 Å². The van der Waals surface area contributed by atoms with Gasteiger partial charge in [-0.15, -0.1) is 0 Å². The Labute approximate surface area is 172 Å². The third-order valence-corrected chi connectivity index (χ3v) is 5.78. The van der Waals surface area contributed by atoms with E-state index in [4.69, 9.17) is 4.52 Å². The van der Waals surface area contributed by atoms with E-state index in [1.54, 1.807) is 17.4 Å². The molecule has 0 bridgehead atoms. The summed E-state index contributed by atoms with van der Waals surface area (Å²) in [5.74, 6) is 0.960. The number of nitrogens with zero attached hydrogens (tertiary/aromatic N) is 4. The third kappa shape index (κ3) is 5.07. The van der Waals surface area contributed by atoms with Crippen LogP contribution in [0.4, 0.5) is 4.39 Å². The molecule has 152 valence electrons. The van der Waals surface area contributed by atoms with Crippen LogP contribution >= 0.6 is 11.3 Å². The SMILES string of the molecule is O=C(CCc1nc(-c2ccsc2)no1)N1CCCN(Cc2ccccc2F)CC1. The second-order valence-corrected chi connectivity index (χ2v) is 7.91. The van der Waals surface area contributed by atoms with Crippen molar-refractivity contribution in [2.45, 2.75) is 25.8 Å². The predicted octanol–water partition coefficient (Wildman–Crippen LogP) is 3.60. The zero-order valence-corrected chi connectivity index (χ0v) is 16.9. The van der Waals surface area contributed by atoms with Crippen LogP contribution in [0.15, 0.2) is 45.6 Å². The highest BCUT2D eigenvalue weighted by Crippen LogP contribution is 2.19. The highest BCUT2D eigenvalue weighted by atomic mass is 32.1. The van der Waals surface area contributed by atoms with Crippen LogP contribution in [-0.2, 0) is 17.8 Å². The lowest BCUT2D eigenvalue weighted by molar-refractivity contribution is -0.131. The summed E-state index contributed by atoms with van der Waals surface area (Å²) in [6.07, 6.45) is 1.66. The van der Waals surface area contributed by atoms with Gasteiger partial charge in [0.05, 0.1) is 0 Å². The van der Waals surface area contributed by atoms with Crippen molar-refractivity contribution in [3.05, 3.63) is 58.4 Å². The van der Waals surface area contributed by atoms with Gasteiger partial charge >= 0.3 is 0 Å². The summed E-state index contributed by atoms with van der Waals surface area (Å²) < 4.78 is 19.2. The summed E-state index contributed by atoms with van der Waals surface area (Å²) in [5, 5.41) is 7.90. The first kappa shape index (κ1) is 19.7. The molecule has 0 atom stereocenters. The number of hydrogen-bond acceptors (Lipinski definition) is 6. The Balaban J connectivity index is 1.27. The van der Waals surface area contributed by atoms with Gasteiger partial charge in [0, 0.05) is 62.1 Å². The number of carbonyl (C=O) groups is 1. The van der Waals surface area contributed by atoms with E-state index in [1.807, 2.05) is 33.9 Å². The molecule has 6 nitrogen and oxygen atoms in total. The van der Waals surface area contributed by atoms with Gasteiger partial charge in [0.25, 0.3) is 0 Å². The smallest absolute Gasteiger partial charge is 0.227 e. The lowest BCUT2D eigenvalue weighted by Crippen LogP contribution is -2.35. The predicted molar refractivity (Wildman–Crippen MR) is 109 cm³/mol. The van der Waals surface area contributed by atoms with Crippen LogP contribution in [0.2, 0.25) is 0 Å². The summed E-state index contributed by atoms with van der Waals surface area (Å²) in [4.78, 5) is 21.1. The highest BCUT2D eigenvalue weighted by molar-refractivity contribution is 7.08. The molecule has 0 radical (unpaired) electrons. The van der Waals surface area contributed by atoms with Crippen LogP contribution in [0, 0.1) is 5.82 Å². The Morgan fingerprint density at radius 3 is 2.90 bits per heavy atom. The average Bonchev–Trinajstić information content (AvgIpc) is 3.37. The first-order valence-corrected chi connectivity index (χ1v) is 10.7. The standard InChI is InChI=1S/C21H23FN4O2S/c22-18-5-2-1-4-16(18)14-25-9-3-10-26(12-11-25)20(27)7-6-19-23-21(24-28-19)17-8-13-29-15-17/h1-2,4-5,8,13,15H,3,6-7,9-12,14H2. The van der Waals surface area contributed by atoms with E-state index in [2.05, 4.69) is 15.0 Å². The minimum atomic E-state index is -0.175. The van der Waals surface area contributed by atoms with Gasteiger partial charge in [0.1, 0.15) is 5.82 Å². The normalized spacial score (nSPS) is 15.4. The second kappa shape index (κ2) is 9.28. The van der Waals surface area contributed by atoms with Crippen molar-refractivity contribution in [1.29, 1.82) is 0 Å². The van der Waals surface area contributed by atoms with Crippen LogP contribution in [0.25, 0.3) is 11.4 Å². The average molecular weight is 415 g/mol. The van der Waals surface area contributed by atoms with Crippen molar-refractivity contribution in [3.63, 3.8) is 0 Å². The number of benzene rings is 1. The van der Waals surface area contributed by atoms with Crippen LogP contribution in [0.1, 0.15) is 24.3 Å². The summed E-state index contributed by atoms with van der Waals surface area (Å²) in [5.41, 5.74) is 1.63. The van der Waals surface area contributed by atoms with Crippen molar-refractivity contribution in [2.24, 2.45) is 0 Å². The Bertz CT molecular complexity index is 944. The van der Waals surface area contributed by atoms with E-state index in [-0.39, 0.29) is 11.7 Å². The zero-order chi connectivity index (χ0) is 20.1. The van der Waals surface area contributed by atoms with Crippen molar-refractivity contribution < 1.29 is 13.7 Å². The highest BCUT2D eigenvalue weighted by Gasteiger charge is 2.20. The van der Waals surface area contributed by atoms with Crippen molar-refractivity contribution >= 4 is 17.2 Å². The minimum Gasteiger partial charge on any atom is -0.341 e. The van der Waals surface area contributed by atoms with E-state index in [0.29, 0.717) is 43.2 Å². The molecule has 3 heterocycles. The molecule has 1 aliphatic heterocycles. The molecule has 29 heavy (non-hydrogen) atoms. The molecule has 4 rings (SSSR count). The topological polar surface area (TPSA) is 62.5 Å². The quantitative estimate of drug-likeness (QED) is 0.617. The molecule has 1 fully saturated rings. The molecule has 0 unspecified atom stereocenters. The number of rotatable bonds is 6. The number of thiophene rings is 1. The molecule has 0 saturated carbocycles. The Hall–Kier alpha value is -2.58. The van der Waals surface area contributed by atoms with E-state index < -0.39 is 0 Å². The van der Waals surface area contributed by atoms with Crippen molar-refractivity contribution in [3.8, 4) is 11.4 Å². The fourth-order valence-electron chi connectivity index (χ4n) is 3.48. The molecule has 0 N–H and O–H groups in total. The van der Waals surface area contributed by atoms with Gasteiger partial charge in [-0.05, 0) is 23.9 Å². The Kier molecular flexibility index (Phi) is 6.31. The molecule has 8 heteroatoms. The van der Waals surface area contributed by atoms with Gasteiger partial charge < -0.3 is 9.42 Å². The maximum atomic E-state index is 13.9. The molecule has 0 aliphatic carbocycles. The molecule has 1 aromatic carbocycles.